The number of hydrogen-bond acceptors (Lipinski definition) is 1. The first-order valence-electron chi connectivity index (χ1n) is 6.30. The molecule has 0 aliphatic heterocycles. The van der Waals surface area contributed by atoms with Crippen molar-refractivity contribution < 1.29 is 4.79 Å². The highest BCUT2D eigenvalue weighted by Crippen LogP contribution is 2.04. The van der Waals surface area contributed by atoms with E-state index in [2.05, 4.69) is 19.2 Å². The zero-order valence-electron chi connectivity index (χ0n) is 11.3. The maximum absolute atomic E-state index is 11.9. The highest BCUT2D eigenvalue weighted by Gasteiger charge is 2.04. The highest BCUT2D eigenvalue weighted by atomic mass is 16.1. The van der Waals surface area contributed by atoms with Crippen LogP contribution in [-0.2, 0) is 11.2 Å². The molecule has 1 aromatic carbocycles. The Morgan fingerprint density at radius 3 is 2.50 bits per heavy atom. The third-order valence-corrected chi connectivity index (χ3v) is 2.35. The van der Waals surface area contributed by atoms with Crippen LogP contribution in [0.1, 0.15) is 26.3 Å². The number of nitrogens with one attached hydrogen (secondary N) is 1. The molecule has 0 saturated carbocycles. The molecule has 96 valence electrons. The van der Waals surface area contributed by atoms with Crippen molar-refractivity contribution in [3.63, 3.8) is 0 Å². The van der Waals surface area contributed by atoms with Crippen LogP contribution in [0.15, 0.2) is 54.3 Å². The monoisotopic (exact) mass is 243 g/mol. The molecular weight excluding hydrogens is 222 g/mol. The van der Waals surface area contributed by atoms with Crippen molar-refractivity contribution in [1.29, 1.82) is 0 Å². The highest BCUT2D eigenvalue weighted by molar-refractivity contribution is 5.80. The number of amides is 1. The van der Waals surface area contributed by atoms with E-state index in [4.69, 9.17) is 0 Å². The molecule has 1 N–H and O–H groups in total. The second-order valence-corrected chi connectivity index (χ2v) is 4.58. The maximum atomic E-state index is 11.9. The van der Waals surface area contributed by atoms with Crippen LogP contribution in [-0.4, -0.2) is 5.91 Å². The van der Waals surface area contributed by atoms with Gasteiger partial charge in [-0.05, 0) is 24.5 Å². The van der Waals surface area contributed by atoms with Crippen molar-refractivity contribution in [2.75, 3.05) is 0 Å². The Morgan fingerprint density at radius 2 is 1.94 bits per heavy atom. The average molecular weight is 243 g/mol. The summed E-state index contributed by atoms with van der Waals surface area (Å²) in [6.07, 6.45) is 6.30. The van der Waals surface area contributed by atoms with Crippen molar-refractivity contribution in [3.8, 4) is 0 Å². The number of hydrogen-bond donors (Lipinski definition) is 1. The van der Waals surface area contributed by atoms with Gasteiger partial charge in [0, 0.05) is 5.70 Å². The Labute approximate surface area is 109 Å². The zero-order valence-corrected chi connectivity index (χ0v) is 11.3. The van der Waals surface area contributed by atoms with Gasteiger partial charge in [-0.3, -0.25) is 4.79 Å². The Kier molecular flexibility index (Phi) is 5.92. The molecule has 0 heterocycles. The van der Waals surface area contributed by atoms with Crippen LogP contribution in [0.25, 0.3) is 0 Å². The van der Waals surface area contributed by atoms with Gasteiger partial charge in [-0.25, -0.2) is 0 Å². The number of carbonyl (C=O) groups excluding carboxylic acids is 1. The predicted octanol–water partition coefficient (Wildman–Crippen LogP) is 3.46. The number of carbonyl (C=O) groups is 1. The summed E-state index contributed by atoms with van der Waals surface area (Å²) in [5, 5.41) is 2.93. The van der Waals surface area contributed by atoms with Gasteiger partial charge in [0.25, 0.3) is 0 Å². The Morgan fingerprint density at radius 1 is 1.28 bits per heavy atom. The van der Waals surface area contributed by atoms with E-state index >= 15 is 0 Å². The van der Waals surface area contributed by atoms with Crippen LogP contribution >= 0.6 is 0 Å². The first-order chi connectivity index (χ1) is 8.61. The summed E-state index contributed by atoms with van der Waals surface area (Å²) < 4.78 is 0. The van der Waals surface area contributed by atoms with E-state index in [1.807, 2.05) is 55.5 Å². The molecule has 2 heteroatoms. The van der Waals surface area contributed by atoms with Crippen molar-refractivity contribution >= 4 is 5.91 Å². The van der Waals surface area contributed by atoms with Gasteiger partial charge < -0.3 is 5.32 Å². The minimum atomic E-state index is 0.0196. The minimum Gasteiger partial charge on any atom is -0.326 e. The smallest absolute Gasteiger partial charge is 0.228 e. The van der Waals surface area contributed by atoms with Crippen LogP contribution in [0.5, 0.6) is 0 Å². The summed E-state index contributed by atoms with van der Waals surface area (Å²) in [6, 6.07) is 9.76. The maximum Gasteiger partial charge on any atom is 0.228 e. The van der Waals surface area contributed by atoms with Crippen molar-refractivity contribution in [2.24, 2.45) is 5.92 Å². The largest absolute Gasteiger partial charge is 0.326 e. The van der Waals surface area contributed by atoms with Gasteiger partial charge in [-0.2, -0.15) is 0 Å². The van der Waals surface area contributed by atoms with Crippen LogP contribution in [0.4, 0.5) is 0 Å². The molecule has 0 unspecified atom stereocenters. The molecule has 2 nitrogen and oxygen atoms in total. The molecular formula is C16H21NO. The van der Waals surface area contributed by atoms with E-state index in [0.717, 1.165) is 11.3 Å². The molecule has 0 aliphatic rings. The molecule has 0 spiro atoms. The molecule has 0 bridgehead atoms. The number of benzene rings is 1. The Bertz CT molecular complexity index is 430. The van der Waals surface area contributed by atoms with Crippen molar-refractivity contribution in [2.45, 2.75) is 27.2 Å². The molecule has 0 aromatic heterocycles. The van der Waals surface area contributed by atoms with Gasteiger partial charge in [0.15, 0.2) is 0 Å². The lowest BCUT2D eigenvalue weighted by Crippen LogP contribution is -2.24. The van der Waals surface area contributed by atoms with Crippen LogP contribution in [0.3, 0.4) is 0 Å². The van der Waals surface area contributed by atoms with Gasteiger partial charge in [0.1, 0.15) is 0 Å². The summed E-state index contributed by atoms with van der Waals surface area (Å²) in [7, 11) is 0. The van der Waals surface area contributed by atoms with E-state index in [0.29, 0.717) is 12.3 Å². The van der Waals surface area contributed by atoms with Gasteiger partial charge >= 0.3 is 0 Å². The van der Waals surface area contributed by atoms with E-state index in [9.17, 15) is 4.79 Å². The number of allylic oxidation sites excluding steroid dienone is 3. The summed E-state index contributed by atoms with van der Waals surface area (Å²) in [5.41, 5.74) is 1.90. The average Bonchev–Trinajstić information content (AvgIpc) is 2.29. The fourth-order valence-electron chi connectivity index (χ4n) is 1.66. The van der Waals surface area contributed by atoms with E-state index < -0.39 is 0 Å². The van der Waals surface area contributed by atoms with Crippen molar-refractivity contribution in [3.05, 3.63) is 59.8 Å². The Hall–Kier alpha value is -1.83. The van der Waals surface area contributed by atoms with Gasteiger partial charge in [-0.15, -0.1) is 0 Å². The second kappa shape index (κ2) is 7.49. The molecule has 0 radical (unpaired) electrons. The predicted molar refractivity (Wildman–Crippen MR) is 76.0 cm³/mol. The first kappa shape index (κ1) is 14.2. The van der Waals surface area contributed by atoms with Gasteiger partial charge in [0.05, 0.1) is 6.42 Å². The molecule has 1 rings (SSSR count). The molecule has 0 saturated heterocycles. The fraction of sp³-hybridized carbons (Fsp3) is 0.312. The Balaban J connectivity index is 2.62. The van der Waals surface area contributed by atoms with Crippen LogP contribution in [0, 0.1) is 5.92 Å². The normalized spacial score (nSPS) is 12.1. The van der Waals surface area contributed by atoms with Crippen LogP contribution in [0.2, 0.25) is 0 Å². The van der Waals surface area contributed by atoms with E-state index in [1.165, 1.54) is 0 Å². The number of rotatable bonds is 5. The molecule has 0 aliphatic carbocycles. The standard InChI is InChI=1S/C16H21NO/c1-4-8-15(11-13(2)3)17-16(18)12-14-9-6-5-7-10-14/h4-11,13H,12H2,1-3H3,(H,17,18)/b8-4-,15-11+. The summed E-state index contributed by atoms with van der Waals surface area (Å²) in [4.78, 5) is 11.9. The second-order valence-electron chi connectivity index (χ2n) is 4.58. The lowest BCUT2D eigenvalue weighted by atomic mass is 10.1. The molecule has 18 heavy (non-hydrogen) atoms. The molecule has 0 fully saturated rings. The van der Waals surface area contributed by atoms with Crippen LogP contribution < -0.4 is 5.32 Å². The minimum absolute atomic E-state index is 0.0196. The lowest BCUT2D eigenvalue weighted by Gasteiger charge is -2.08. The third kappa shape index (κ3) is 5.48. The van der Waals surface area contributed by atoms with E-state index in [1.54, 1.807) is 0 Å². The third-order valence-electron chi connectivity index (χ3n) is 2.35. The summed E-state index contributed by atoms with van der Waals surface area (Å²) in [6.45, 7) is 6.12. The summed E-state index contributed by atoms with van der Waals surface area (Å²) >= 11 is 0. The summed E-state index contributed by atoms with van der Waals surface area (Å²) in [5.74, 6) is 0.430. The van der Waals surface area contributed by atoms with E-state index in [-0.39, 0.29) is 5.91 Å². The molecule has 1 aromatic rings. The van der Waals surface area contributed by atoms with Gasteiger partial charge in [-0.1, -0.05) is 56.3 Å². The van der Waals surface area contributed by atoms with Crippen molar-refractivity contribution in [1.82, 2.24) is 5.32 Å². The fourth-order valence-corrected chi connectivity index (χ4v) is 1.66. The topological polar surface area (TPSA) is 29.1 Å². The zero-order chi connectivity index (χ0) is 13.4. The first-order valence-corrected chi connectivity index (χ1v) is 6.30. The van der Waals surface area contributed by atoms with Gasteiger partial charge in [0.2, 0.25) is 5.91 Å². The SMILES string of the molecule is C/C=C\C(=C/C(C)C)NC(=O)Cc1ccccc1. The molecule has 1 amide bonds. The lowest BCUT2D eigenvalue weighted by molar-refractivity contribution is -0.119. The quantitative estimate of drug-likeness (QED) is 0.788. The molecule has 0 atom stereocenters.